The fraction of sp³-hybridized carbons (Fsp3) is 0.467. The molecule has 0 radical (unpaired) electrons. The molecule has 1 rings (SSSR count). The molecule has 21 heavy (non-hydrogen) atoms. The molecule has 6 heteroatoms. The summed E-state index contributed by atoms with van der Waals surface area (Å²) in [6, 6.07) is 5.37. The molecule has 0 aliphatic heterocycles. The van der Waals surface area contributed by atoms with Crippen molar-refractivity contribution in [3.8, 4) is 5.75 Å². The summed E-state index contributed by atoms with van der Waals surface area (Å²) in [5, 5.41) is 0. The predicted molar refractivity (Wildman–Crippen MR) is 81.2 cm³/mol. The van der Waals surface area contributed by atoms with E-state index in [1.807, 2.05) is 6.07 Å². The normalized spacial score (nSPS) is 10.3. The fourth-order valence-corrected chi connectivity index (χ4v) is 2.21. The molecule has 0 fully saturated rings. The van der Waals surface area contributed by atoms with Crippen molar-refractivity contribution in [2.45, 2.75) is 20.3 Å². The summed E-state index contributed by atoms with van der Waals surface area (Å²) >= 11 is 3.40. The van der Waals surface area contributed by atoms with E-state index in [0.717, 1.165) is 10.0 Å². The zero-order valence-corrected chi connectivity index (χ0v) is 13.9. The zero-order chi connectivity index (χ0) is 15.8. The molecule has 0 heterocycles. The quantitative estimate of drug-likeness (QED) is 0.553. The van der Waals surface area contributed by atoms with Crippen LogP contribution in [0.4, 0.5) is 0 Å². The lowest BCUT2D eigenvalue weighted by atomic mass is 9.99. The van der Waals surface area contributed by atoms with Crippen LogP contribution in [0.25, 0.3) is 0 Å². The highest BCUT2D eigenvalue weighted by atomic mass is 79.9. The minimum Gasteiger partial charge on any atom is -0.497 e. The summed E-state index contributed by atoms with van der Waals surface area (Å²) in [5.41, 5.74) is 0.778. The average molecular weight is 359 g/mol. The van der Waals surface area contributed by atoms with Crippen molar-refractivity contribution >= 4 is 27.9 Å². The minimum atomic E-state index is -0.978. The number of benzene rings is 1. The van der Waals surface area contributed by atoms with Gasteiger partial charge in [0.05, 0.1) is 20.3 Å². The molecule has 0 aliphatic rings. The number of hydrogen-bond acceptors (Lipinski definition) is 5. The Morgan fingerprint density at radius 2 is 1.71 bits per heavy atom. The first kappa shape index (κ1) is 17.5. The Bertz CT molecular complexity index is 483. The van der Waals surface area contributed by atoms with Crippen molar-refractivity contribution in [2.24, 2.45) is 5.92 Å². The highest BCUT2D eigenvalue weighted by Gasteiger charge is 2.30. The Hall–Kier alpha value is -1.56. The minimum absolute atomic E-state index is 0.190. The third kappa shape index (κ3) is 5.04. The zero-order valence-electron chi connectivity index (χ0n) is 12.3. The van der Waals surface area contributed by atoms with Gasteiger partial charge in [0.2, 0.25) is 0 Å². The van der Waals surface area contributed by atoms with Crippen molar-refractivity contribution in [3.63, 3.8) is 0 Å². The Morgan fingerprint density at radius 3 is 2.19 bits per heavy atom. The number of halogens is 1. The van der Waals surface area contributed by atoms with E-state index >= 15 is 0 Å². The molecule has 0 unspecified atom stereocenters. The molecule has 116 valence electrons. The van der Waals surface area contributed by atoms with Crippen molar-refractivity contribution < 1.29 is 23.8 Å². The molecule has 0 spiro atoms. The van der Waals surface area contributed by atoms with Gasteiger partial charge in [-0.15, -0.1) is 0 Å². The Morgan fingerprint density at radius 1 is 1.14 bits per heavy atom. The van der Waals surface area contributed by atoms with Gasteiger partial charge in [0.1, 0.15) is 5.75 Å². The summed E-state index contributed by atoms with van der Waals surface area (Å²) in [4.78, 5) is 23.9. The molecule has 0 aliphatic carbocycles. The lowest BCUT2D eigenvalue weighted by Crippen LogP contribution is -2.30. The molecule has 1 aromatic rings. The second kappa shape index (κ2) is 8.67. The van der Waals surface area contributed by atoms with Gasteiger partial charge in [0, 0.05) is 4.47 Å². The summed E-state index contributed by atoms with van der Waals surface area (Å²) < 4.78 is 15.9. The monoisotopic (exact) mass is 358 g/mol. The van der Waals surface area contributed by atoms with Gasteiger partial charge < -0.3 is 14.2 Å². The molecule has 0 saturated heterocycles. The van der Waals surface area contributed by atoms with Gasteiger partial charge in [-0.05, 0) is 44.0 Å². The van der Waals surface area contributed by atoms with E-state index in [0.29, 0.717) is 5.75 Å². The molecule has 0 aromatic heterocycles. The van der Waals surface area contributed by atoms with Gasteiger partial charge in [0.15, 0.2) is 5.92 Å². The van der Waals surface area contributed by atoms with Crippen LogP contribution < -0.4 is 4.74 Å². The first-order valence-corrected chi connectivity index (χ1v) is 7.48. The molecule has 5 nitrogen and oxygen atoms in total. The third-order valence-corrected chi connectivity index (χ3v) is 3.59. The van der Waals surface area contributed by atoms with E-state index in [1.54, 1.807) is 33.1 Å². The standard InChI is InChI=1S/C15H19BrO5/c1-4-20-14(17)12(15(18)21-5-2)9-10-8-11(19-3)6-7-13(10)16/h6-8,12H,4-5,9H2,1-3H3. The van der Waals surface area contributed by atoms with E-state index in [9.17, 15) is 9.59 Å². The number of ether oxygens (including phenoxy) is 3. The van der Waals surface area contributed by atoms with Crippen LogP contribution in [0.3, 0.4) is 0 Å². The molecular formula is C15H19BrO5. The number of rotatable bonds is 7. The van der Waals surface area contributed by atoms with Crippen molar-refractivity contribution in [3.05, 3.63) is 28.2 Å². The average Bonchev–Trinajstić information content (AvgIpc) is 2.46. The maximum atomic E-state index is 12.0. The lowest BCUT2D eigenvalue weighted by molar-refractivity contribution is -0.161. The van der Waals surface area contributed by atoms with Crippen molar-refractivity contribution in [1.29, 1.82) is 0 Å². The highest BCUT2D eigenvalue weighted by molar-refractivity contribution is 9.10. The van der Waals surface area contributed by atoms with Gasteiger partial charge >= 0.3 is 11.9 Å². The largest absolute Gasteiger partial charge is 0.497 e. The predicted octanol–water partition coefficient (Wildman–Crippen LogP) is 2.74. The van der Waals surface area contributed by atoms with Gasteiger partial charge in [-0.1, -0.05) is 15.9 Å². The number of esters is 2. The smallest absolute Gasteiger partial charge is 0.320 e. The topological polar surface area (TPSA) is 61.8 Å². The molecule has 0 saturated carbocycles. The van der Waals surface area contributed by atoms with E-state index in [-0.39, 0.29) is 19.6 Å². The van der Waals surface area contributed by atoms with Crippen LogP contribution in [0.15, 0.2) is 22.7 Å². The van der Waals surface area contributed by atoms with Crippen molar-refractivity contribution in [2.75, 3.05) is 20.3 Å². The van der Waals surface area contributed by atoms with Gasteiger partial charge in [-0.2, -0.15) is 0 Å². The summed E-state index contributed by atoms with van der Waals surface area (Å²) in [6.07, 6.45) is 0.190. The molecular weight excluding hydrogens is 340 g/mol. The van der Waals surface area contributed by atoms with Gasteiger partial charge in [-0.3, -0.25) is 9.59 Å². The summed E-state index contributed by atoms with van der Waals surface area (Å²) in [7, 11) is 1.56. The van der Waals surface area contributed by atoms with Crippen LogP contribution in [0.5, 0.6) is 5.75 Å². The second-order valence-electron chi connectivity index (χ2n) is 4.22. The van der Waals surface area contributed by atoms with Crippen LogP contribution in [0.1, 0.15) is 19.4 Å². The molecule has 0 atom stereocenters. The van der Waals surface area contributed by atoms with E-state index in [1.165, 1.54) is 0 Å². The fourth-order valence-electron chi connectivity index (χ4n) is 1.80. The van der Waals surface area contributed by atoms with E-state index in [4.69, 9.17) is 14.2 Å². The van der Waals surface area contributed by atoms with E-state index < -0.39 is 17.9 Å². The summed E-state index contributed by atoms with van der Waals surface area (Å²) in [6.45, 7) is 3.82. The van der Waals surface area contributed by atoms with Crippen LogP contribution in [0.2, 0.25) is 0 Å². The SMILES string of the molecule is CCOC(=O)C(Cc1cc(OC)ccc1Br)C(=O)OCC. The van der Waals surface area contributed by atoms with Gasteiger partial charge in [-0.25, -0.2) is 0 Å². The maximum absolute atomic E-state index is 12.0. The maximum Gasteiger partial charge on any atom is 0.320 e. The van der Waals surface area contributed by atoms with Crippen molar-refractivity contribution in [1.82, 2.24) is 0 Å². The first-order valence-electron chi connectivity index (χ1n) is 6.69. The second-order valence-corrected chi connectivity index (χ2v) is 5.07. The number of carbonyl (C=O) groups is 2. The third-order valence-electron chi connectivity index (χ3n) is 2.82. The first-order chi connectivity index (χ1) is 10.0. The molecule has 0 N–H and O–H groups in total. The number of methoxy groups -OCH3 is 1. The summed E-state index contributed by atoms with van der Waals surface area (Å²) in [5.74, 6) is -1.48. The van der Waals surface area contributed by atoms with Gasteiger partial charge in [0.25, 0.3) is 0 Å². The van der Waals surface area contributed by atoms with Crippen LogP contribution >= 0.6 is 15.9 Å². The van der Waals surface area contributed by atoms with Crippen LogP contribution in [-0.4, -0.2) is 32.3 Å². The van der Waals surface area contributed by atoms with Crippen LogP contribution in [-0.2, 0) is 25.5 Å². The molecule has 0 amide bonds. The molecule has 1 aromatic carbocycles. The Balaban J connectivity index is 2.99. The number of hydrogen-bond donors (Lipinski definition) is 0. The highest BCUT2D eigenvalue weighted by Crippen LogP contribution is 2.25. The number of carbonyl (C=O) groups excluding carboxylic acids is 2. The Kier molecular flexibility index (Phi) is 7.22. The van der Waals surface area contributed by atoms with Crippen LogP contribution in [0, 0.1) is 5.92 Å². The van der Waals surface area contributed by atoms with E-state index in [2.05, 4.69) is 15.9 Å². The lowest BCUT2D eigenvalue weighted by Gasteiger charge is -2.15. The Labute approximate surface area is 132 Å². The molecule has 0 bridgehead atoms.